The van der Waals surface area contributed by atoms with Crippen molar-refractivity contribution in [1.82, 2.24) is 5.32 Å². The molecule has 0 saturated carbocycles. The number of nitrogens with two attached hydrogens (primary N) is 1. The second-order valence-electron chi connectivity index (χ2n) is 4.23. The van der Waals surface area contributed by atoms with Crippen LogP contribution in [-0.4, -0.2) is 13.0 Å². The first-order valence-corrected chi connectivity index (χ1v) is 6.07. The minimum Gasteiger partial charge on any atom is -0.496 e. The third-order valence-corrected chi connectivity index (χ3v) is 2.87. The molecule has 0 spiro atoms. The molecule has 0 radical (unpaired) electrons. The normalized spacial score (nSPS) is 10.1. The van der Waals surface area contributed by atoms with Gasteiger partial charge in [-0.2, -0.15) is 0 Å². The molecule has 104 valence electrons. The highest BCUT2D eigenvalue weighted by Crippen LogP contribution is 2.21. The molecule has 0 aromatic heterocycles. The number of nitrogens with one attached hydrogen (secondary N) is 1. The third kappa shape index (κ3) is 3.06. The minimum absolute atomic E-state index is 0.110. The van der Waals surface area contributed by atoms with Crippen molar-refractivity contribution in [2.24, 2.45) is 0 Å². The van der Waals surface area contributed by atoms with Crippen LogP contribution in [0.1, 0.15) is 15.9 Å². The lowest BCUT2D eigenvalue weighted by Gasteiger charge is -2.10. The molecule has 2 rings (SSSR count). The Labute approximate surface area is 116 Å². The summed E-state index contributed by atoms with van der Waals surface area (Å²) < 4.78 is 18.6. The lowest BCUT2D eigenvalue weighted by Crippen LogP contribution is -2.23. The van der Waals surface area contributed by atoms with Crippen LogP contribution in [0.2, 0.25) is 0 Å². The standard InChI is InChI=1S/C15H15FN2O2/c1-20-14-8-11(17)6-7-12(14)15(19)18-9-10-4-2-3-5-13(10)16/h2-8H,9,17H2,1H3,(H,18,19). The van der Waals surface area contributed by atoms with E-state index in [1.807, 2.05) is 0 Å². The molecule has 0 bridgehead atoms. The number of carbonyl (C=O) groups excluding carboxylic acids is 1. The summed E-state index contributed by atoms with van der Waals surface area (Å²) in [6.07, 6.45) is 0. The molecule has 0 aliphatic rings. The maximum Gasteiger partial charge on any atom is 0.255 e. The highest BCUT2D eigenvalue weighted by atomic mass is 19.1. The third-order valence-electron chi connectivity index (χ3n) is 2.87. The van der Waals surface area contributed by atoms with Gasteiger partial charge in [0.2, 0.25) is 0 Å². The van der Waals surface area contributed by atoms with E-state index in [1.165, 1.54) is 13.2 Å². The number of carbonyl (C=O) groups is 1. The van der Waals surface area contributed by atoms with Gasteiger partial charge in [-0.25, -0.2) is 4.39 Å². The van der Waals surface area contributed by atoms with Gasteiger partial charge in [0.05, 0.1) is 12.7 Å². The first-order chi connectivity index (χ1) is 9.61. The maximum atomic E-state index is 13.4. The lowest BCUT2D eigenvalue weighted by molar-refractivity contribution is 0.0947. The van der Waals surface area contributed by atoms with Crippen LogP contribution in [-0.2, 0) is 6.54 Å². The summed E-state index contributed by atoms with van der Waals surface area (Å²) in [6.45, 7) is 0.110. The average molecular weight is 274 g/mol. The molecule has 0 saturated heterocycles. The largest absolute Gasteiger partial charge is 0.496 e. The molecule has 0 heterocycles. The number of rotatable bonds is 4. The van der Waals surface area contributed by atoms with Gasteiger partial charge in [0.1, 0.15) is 11.6 Å². The maximum absolute atomic E-state index is 13.4. The van der Waals surface area contributed by atoms with Gasteiger partial charge in [0.25, 0.3) is 5.91 Å². The van der Waals surface area contributed by atoms with Crippen LogP contribution in [0.5, 0.6) is 5.75 Å². The van der Waals surface area contributed by atoms with Gasteiger partial charge in [0.15, 0.2) is 0 Å². The fourth-order valence-electron chi connectivity index (χ4n) is 1.81. The van der Waals surface area contributed by atoms with Crippen molar-refractivity contribution >= 4 is 11.6 Å². The molecule has 4 nitrogen and oxygen atoms in total. The summed E-state index contributed by atoms with van der Waals surface area (Å²) in [4.78, 5) is 12.1. The molecule has 3 N–H and O–H groups in total. The van der Waals surface area contributed by atoms with Crippen LogP contribution in [0.4, 0.5) is 10.1 Å². The van der Waals surface area contributed by atoms with E-state index >= 15 is 0 Å². The molecule has 5 heteroatoms. The predicted octanol–water partition coefficient (Wildman–Crippen LogP) is 2.35. The van der Waals surface area contributed by atoms with Gasteiger partial charge >= 0.3 is 0 Å². The van der Waals surface area contributed by atoms with Crippen LogP contribution >= 0.6 is 0 Å². The summed E-state index contributed by atoms with van der Waals surface area (Å²) in [7, 11) is 1.46. The molecule has 1 amide bonds. The number of hydrogen-bond donors (Lipinski definition) is 2. The van der Waals surface area contributed by atoms with Gasteiger partial charge in [0, 0.05) is 23.9 Å². The van der Waals surface area contributed by atoms with E-state index in [0.717, 1.165) is 0 Å². The van der Waals surface area contributed by atoms with Crippen molar-refractivity contribution in [2.45, 2.75) is 6.54 Å². The highest BCUT2D eigenvalue weighted by Gasteiger charge is 2.12. The Morgan fingerprint density at radius 2 is 2.05 bits per heavy atom. The number of methoxy groups -OCH3 is 1. The lowest BCUT2D eigenvalue weighted by atomic mass is 10.1. The van der Waals surface area contributed by atoms with Crippen molar-refractivity contribution in [1.29, 1.82) is 0 Å². The number of ether oxygens (including phenoxy) is 1. The van der Waals surface area contributed by atoms with Crippen LogP contribution in [0.25, 0.3) is 0 Å². The molecule has 2 aromatic carbocycles. The topological polar surface area (TPSA) is 64.3 Å². The van der Waals surface area contributed by atoms with E-state index in [1.54, 1.807) is 36.4 Å². The van der Waals surface area contributed by atoms with E-state index in [4.69, 9.17) is 10.5 Å². The van der Waals surface area contributed by atoms with Crippen molar-refractivity contribution in [3.8, 4) is 5.75 Å². The van der Waals surface area contributed by atoms with Crippen LogP contribution < -0.4 is 15.8 Å². The Hall–Kier alpha value is -2.56. The molecular formula is C15H15FN2O2. The SMILES string of the molecule is COc1cc(N)ccc1C(=O)NCc1ccccc1F. The van der Waals surface area contributed by atoms with Gasteiger partial charge < -0.3 is 15.8 Å². The quantitative estimate of drug-likeness (QED) is 0.841. The first kappa shape index (κ1) is 13.9. The molecule has 2 aromatic rings. The molecule has 20 heavy (non-hydrogen) atoms. The highest BCUT2D eigenvalue weighted by molar-refractivity contribution is 5.97. The zero-order chi connectivity index (χ0) is 14.5. The monoisotopic (exact) mass is 274 g/mol. The number of hydrogen-bond acceptors (Lipinski definition) is 3. The first-order valence-electron chi connectivity index (χ1n) is 6.07. The average Bonchev–Trinajstić information content (AvgIpc) is 2.46. The van der Waals surface area contributed by atoms with Crippen molar-refractivity contribution in [2.75, 3.05) is 12.8 Å². The summed E-state index contributed by atoms with van der Waals surface area (Å²) in [5.41, 5.74) is 6.92. The Bertz CT molecular complexity index is 629. The van der Waals surface area contributed by atoms with E-state index in [2.05, 4.69) is 5.32 Å². The molecule has 0 aliphatic heterocycles. The van der Waals surface area contributed by atoms with Gasteiger partial charge in [-0.05, 0) is 18.2 Å². The van der Waals surface area contributed by atoms with E-state index in [0.29, 0.717) is 22.6 Å². The van der Waals surface area contributed by atoms with Crippen molar-refractivity contribution in [3.05, 3.63) is 59.4 Å². The number of nitrogen functional groups attached to an aromatic ring is 1. The summed E-state index contributed by atoms with van der Waals surface area (Å²) in [5, 5.41) is 2.65. The van der Waals surface area contributed by atoms with Crippen LogP contribution in [0, 0.1) is 5.82 Å². The fourth-order valence-corrected chi connectivity index (χ4v) is 1.81. The smallest absolute Gasteiger partial charge is 0.255 e. The van der Waals surface area contributed by atoms with E-state index in [9.17, 15) is 9.18 Å². The molecule has 0 fully saturated rings. The van der Waals surface area contributed by atoms with Gasteiger partial charge in [-0.3, -0.25) is 4.79 Å². The van der Waals surface area contributed by atoms with Gasteiger partial charge in [-0.1, -0.05) is 18.2 Å². The van der Waals surface area contributed by atoms with E-state index < -0.39 is 0 Å². The molecule has 0 unspecified atom stereocenters. The summed E-state index contributed by atoms with van der Waals surface area (Å²) in [5.74, 6) is -0.307. The van der Waals surface area contributed by atoms with Crippen molar-refractivity contribution in [3.63, 3.8) is 0 Å². The molecular weight excluding hydrogens is 259 g/mol. The second-order valence-corrected chi connectivity index (χ2v) is 4.23. The molecule has 0 aliphatic carbocycles. The second kappa shape index (κ2) is 6.06. The minimum atomic E-state index is -0.350. The van der Waals surface area contributed by atoms with Crippen molar-refractivity contribution < 1.29 is 13.9 Å². The van der Waals surface area contributed by atoms with Crippen LogP contribution in [0.3, 0.4) is 0 Å². The summed E-state index contributed by atoms with van der Waals surface area (Å²) in [6, 6.07) is 11.0. The number of anilines is 1. The predicted molar refractivity (Wildman–Crippen MR) is 75.0 cm³/mol. The zero-order valence-electron chi connectivity index (χ0n) is 11.0. The Morgan fingerprint density at radius 1 is 1.30 bits per heavy atom. The Morgan fingerprint density at radius 3 is 2.75 bits per heavy atom. The number of amides is 1. The summed E-state index contributed by atoms with van der Waals surface area (Å²) >= 11 is 0. The van der Waals surface area contributed by atoms with Gasteiger partial charge in [-0.15, -0.1) is 0 Å². The molecule has 0 atom stereocenters. The fraction of sp³-hybridized carbons (Fsp3) is 0.133. The number of halogens is 1. The van der Waals surface area contributed by atoms with E-state index in [-0.39, 0.29) is 18.3 Å². The van der Waals surface area contributed by atoms with Crippen LogP contribution in [0.15, 0.2) is 42.5 Å². The Kier molecular flexibility index (Phi) is 4.20. The number of benzene rings is 2. The zero-order valence-corrected chi connectivity index (χ0v) is 11.0. The Balaban J connectivity index is 2.11.